The predicted molar refractivity (Wildman–Crippen MR) is 74.0 cm³/mol. The van der Waals surface area contributed by atoms with Gasteiger partial charge >= 0.3 is 0 Å². The first-order valence-corrected chi connectivity index (χ1v) is 7.66. The molecule has 1 aliphatic carbocycles. The second-order valence-corrected chi connectivity index (χ2v) is 6.38. The molecule has 3 rings (SSSR count). The van der Waals surface area contributed by atoms with Crippen LogP contribution in [-0.4, -0.2) is 23.5 Å². The largest absolute Gasteiger partial charge is 0.375 e. The number of amides is 1. The molecule has 1 aromatic rings. The van der Waals surface area contributed by atoms with Gasteiger partial charge in [-0.3, -0.25) is 4.79 Å². The molecular weight excluding hydrogens is 262 g/mol. The van der Waals surface area contributed by atoms with E-state index in [2.05, 4.69) is 10.3 Å². The maximum atomic E-state index is 12.0. The van der Waals surface area contributed by atoms with Crippen LogP contribution in [0.2, 0.25) is 0 Å². The molecule has 1 amide bonds. The second-order valence-electron chi connectivity index (χ2n) is 5.30. The van der Waals surface area contributed by atoms with Gasteiger partial charge in [0.15, 0.2) is 5.13 Å². The van der Waals surface area contributed by atoms with Gasteiger partial charge in [-0.05, 0) is 18.8 Å². The molecule has 0 aromatic carbocycles. The molecule has 2 heterocycles. The zero-order valence-corrected chi connectivity index (χ0v) is 11.7. The number of rotatable bonds is 3. The first-order chi connectivity index (χ1) is 9.22. The van der Waals surface area contributed by atoms with E-state index in [4.69, 9.17) is 10.5 Å². The molecule has 0 radical (unpaired) electrons. The zero-order valence-electron chi connectivity index (χ0n) is 10.9. The standard InChI is InChI=1S/C13H19N3O2S/c14-9-3-1-2-8(9)6-12(17)16-13-15-10-4-5-18-7-11(10)19-13/h8-9H,1-7,14H2,(H,15,16,17)/t8-,9+/m0/s1. The number of nitrogens with zero attached hydrogens (tertiary/aromatic N) is 1. The summed E-state index contributed by atoms with van der Waals surface area (Å²) in [4.78, 5) is 17.6. The Morgan fingerprint density at radius 2 is 2.42 bits per heavy atom. The number of carbonyl (C=O) groups is 1. The number of aromatic nitrogens is 1. The Bertz CT molecular complexity index is 451. The van der Waals surface area contributed by atoms with E-state index in [1.54, 1.807) is 0 Å². The third-order valence-electron chi connectivity index (χ3n) is 3.91. The Labute approximate surface area is 116 Å². The Hall–Kier alpha value is -0.980. The number of fused-ring (bicyclic) bond motifs is 1. The fourth-order valence-corrected chi connectivity index (χ4v) is 3.77. The van der Waals surface area contributed by atoms with Gasteiger partial charge < -0.3 is 15.8 Å². The maximum absolute atomic E-state index is 12.0. The minimum absolute atomic E-state index is 0.0364. The van der Waals surface area contributed by atoms with E-state index >= 15 is 0 Å². The van der Waals surface area contributed by atoms with Crippen LogP contribution in [0.3, 0.4) is 0 Å². The third-order valence-corrected chi connectivity index (χ3v) is 4.89. The van der Waals surface area contributed by atoms with Crippen molar-refractivity contribution in [1.82, 2.24) is 4.98 Å². The molecule has 19 heavy (non-hydrogen) atoms. The molecular formula is C13H19N3O2S. The molecule has 2 aliphatic rings. The quantitative estimate of drug-likeness (QED) is 0.883. The van der Waals surface area contributed by atoms with Crippen molar-refractivity contribution < 1.29 is 9.53 Å². The van der Waals surface area contributed by atoms with Gasteiger partial charge in [0.25, 0.3) is 0 Å². The summed E-state index contributed by atoms with van der Waals surface area (Å²) < 4.78 is 5.38. The minimum Gasteiger partial charge on any atom is -0.375 e. The van der Waals surface area contributed by atoms with Gasteiger partial charge in [0.1, 0.15) is 0 Å². The van der Waals surface area contributed by atoms with Crippen LogP contribution < -0.4 is 11.1 Å². The van der Waals surface area contributed by atoms with Gasteiger partial charge in [-0.25, -0.2) is 4.98 Å². The molecule has 1 aromatic heterocycles. The normalized spacial score (nSPS) is 26.2. The summed E-state index contributed by atoms with van der Waals surface area (Å²) in [6.45, 7) is 1.34. The lowest BCUT2D eigenvalue weighted by Gasteiger charge is -2.13. The lowest BCUT2D eigenvalue weighted by Crippen LogP contribution is -2.28. The van der Waals surface area contributed by atoms with E-state index in [0.717, 1.165) is 42.9 Å². The highest BCUT2D eigenvalue weighted by Crippen LogP contribution is 2.29. The van der Waals surface area contributed by atoms with E-state index in [9.17, 15) is 4.79 Å². The lowest BCUT2D eigenvalue weighted by molar-refractivity contribution is -0.117. The molecule has 1 aliphatic heterocycles. The van der Waals surface area contributed by atoms with Crippen molar-refractivity contribution in [3.63, 3.8) is 0 Å². The van der Waals surface area contributed by atoms with Crippen LogP contribution in [-0.2, 0) is 22.6 Å². The average Bonchev–Trinajstić information content (AvgIpc) is 2.95. The van der Waals surface area contributed by atoms with Crippen LogP contribution in [0.1, 0.15) is 36.3 Å². The summed E-state index contributed by atoms with van der Waals surface area (Å²) in [5.74, 6) is 0.368. The maximum Gasteiger partial charge on any atom is 0.226 e. The Kier molecular flexibility index (Phi) is 3.81. The highest BCUT2D eigenvalue weighted by atomic mass is 32.1. The van der Waals surface area contributed by atoms with Crippen molar-refractivity contribution in [3.05, 3.63) is 10.6 Å². The molecule has 0 saturated heterocycles. The molecule has 5 nitrogen and oxygen atoms in total. The SMILES string of the molecule is N[C@@H]1CCC[C@H]1CC(=O)Nc1nc2c(s1)COCC2. The molecule has 104 valence electrons. The number of thiazole rings is 1. The van der Waals surface area contributed by atoms with Crippen LogP contribution in [0.15, 0.2) is 0 Å². The highest BCUT2D eigenvalue weighted by Gasteiger charge is 2.26. The first-order valence-electron chi connectivity index (χ1n) is 6.84. The number of anilines is 1. The number of carbonyl (C=O) groups excluding carboxylic acids is 1. The van der Waals surface area contributed by atoms with E-state index < -0.39 is 0 Å². The van der Waals surface area contributed by atoms with Gasteiger partial charge in [-0.15, -0.1) is 0 Å². The first kappa shape index (κ1) is 13.0. The summed E-state index contributed by atoms with van der Waals surface area (Å²) in [6.07, 6.45) is 4.61. The van der Waals surface area contributed by atoms with Gasteiger partial charge in [0.2, 0.25) is 5.91 Å². The predicted octanol–water partition coefficient (Wildman–Crippen LogP) is 1.67. The van der Waals surface area contributed by atoms with Crippen LogP contribution in [0, 0.1) is 5.92 Å². The number of nitrogens with one attached hydrogen (secondary N) is 1. The Morgan fingerprint density at radius 1 is 1.53 bits per heavy atom. The van der Waals surface area contributed by atoms with Gasteiger partial charge in [0.05, 0.1) is 23.8 Å². The van der Waals surface area contributed by atoms with Crippen molar-refractivity contribution in [2.24, 2.45) is 11.7 Å². The van der Waals surface area contributed by atoms with Crippen LogP contribution >= 0.6 is 11.3 Å². The minimum atomic E-state index is 0.0364. The smallest absolute Gasteiger partial charge is 0.226 e. The summed E-state index contributed by atoms with van der Waals surface area (Å²) >= 11 is 1.52. The van der Waals surface area contributed by atoms with Crippen molar-refractivity contribution in [1.29, 1.82) is 0 Å². The van der Waals surface area contributed by atoms with Crippen molar-refractivity contribution in [2.45, 2.75) is 44.8 Å². The monoisotopic (exact) mass is 281 g/mol. The van der Waals surface area contributed by atoms with Gasteiger partial charge in [-0.2, -0.15) is 0 Å². The lowest BCUT2D eigenvalue weighted by atomic mass is 10.00. The summed E-state index contributed by atoms with van der Waals surface area (Å²) in [6, 6.07) is 0.184. The molecule has 0 spiro atoms. The molecule has 0 bridgehead atoms. The number of nitrogens with two attached hydrogens (primary N) is 1. The number of hydrogen-bond donors (Lipinski definition) is 2. The van der Waals surface area contributed by atoms with E-state index in [1.807, 2.05) is 0 Å². The van der Waals surface area contributed by atoms with E-state index in [-0.39, 0.29) is 11.9 Å². The van der Waals surface area contributed by atoms with Crippen LogP contribution in [0.4, 0.5) is 5.13 Å². The molecule has 6 heteroatoms. The van der Waals surface area contributed by atoms with E-state index in [0.29, 0.717) is 24.1 Å². The van der Waals surface area contributed by atoms with Crippen LogP contribution in [0.5, 0.6) is 0 Å². The number of hydrogen-bond acceptors (Lipinski definition) is 5. The molecule has 3 N–H and O–H groups in total. The molecule has 2 atom stereocenters. The Balaban J connectivity index is 1.58. The molecule has 1 saturated carbocycles. The average molecular weight is 281 g/mol. The fourth-order valence-electron chi connectivity index (χ4n) is 2.81. The van der Waals surface area contributed by atoms with Gasteiger partial charge in [0, 0.05) is 18.9 Å². The molecule has 0 unspecified atom stereocenters. The van der Waals surface area contributed by atoms with Crippen molar-refractivity contribution >= 4 is 22.4 Å². The Morgan fingerprint density at radius 3 is 3.16 bits per heavy atom. The summed E-state index contributed by atoms with van der Waals surface area (Å²) in [5.41, 5.74) is 7.06. The fraction of sp³-hybridized carbons (Fsp3) is 0.692. The van der Waals surface area contributed by atoms with Crippen molar-refractivity contribution in [3.8, 4) is 0 Å². The highest BCUT2D eigenvalue weighted by molar-refractivity contribution is 7.15. The van der Waals surface area contributed by atoms with E-state index in [1.165, 1.54) is 11.3 Å². The number of ether oxygens (including phenoxy) is 1. The topological polar surface area (TPSA) is 77.2 Å². The third kappa shape index (κ3) is 2.96. The molecule has 1 fully saturated rings. The zero-order chi connectivity index (χ0) is 13.2. The summed E-state index contributed by atoms with van der Waals surface area (Å²) in [5, 5.41) is 3.60. The van der Waals surface area contributed by atoms with Crippen LogP contribution in [0.25, 0.3) is 0 Å². The second kappa shape index (κ2) is 5.56. The summed E-state index contributed by atoms with van der Waals surface area (Å²) in [7, 11) is 0. The van der Waals surface area contributed by atoms with Gasteiger partial charge in [-0.1, -0.05) is 17.8 Å². The van der Waals surface area contributed by atoms with Crippen molar-refractivity contribution in [2.75, 3.05) is 11.9 Å².